The van der Waals surface area contributed by atoms with E-state index in [2.05, 4.69) is 45.4 Å². The summed E-state index contributed by atoms with van der Waals surface area (Å²) in [6, 6.07) is 0. The highest BCUT2D eigenvalue weighted by molar-refractivity contribution is 7.85. The lowest BCUT2D eigenvalue weighted by molar-refractivity contribution is -0.140. The van der Waals surface area contributed by atoms with Gasteiger partial charge in [0.2, 0.25) is 0 Å². The molecule has 3 saturated carbocycles. The van der Waals surface area contributed by atoms with Crippen LogP contribution in [0.5, 0.6) is 0 Å². The number of esters is 1. The molecule has 0 aromatic carbocycles. The molecule has 4 rings (SSSR count). The van der Waals surface area contributed by atoms with Crippen molar-refractivity contribution in [1.29, 1.82) is 0 Å². The van der Waals surface area contributed by atoms with E-state index in [4.69, 9.17) is 4.74 Å². The second-order valence-electron chi connectivity index (χ2n) is 14.2. The minimum atomic E-state index is -1.03. The zero-order valence-electron chi connectivity index (χ0n) is 25.3. The van der Waals surface area contributed by atoms with E-state index < -0.39 is 10.8 Å². The highest BCUT2D eigenvalue weighted by Gasteiger charge is 2.59. The van der Waals surface area contributed by atoms with Crippen LogP contribution in [0.4, 0.5) is 0 Å². The van der Waals surface area contributed by atoms with Gasteiger partial charge in [0, 0.05) is 22.3 Å². The van der Waals surface area contributed by atoms with Crippen molar-refractivity contribution in [2.45, 2.75) is 118 Å². The molecular formula is C33H56O4S. The summed E-state index contributed by atoms with van der Waals surface area (Å²) in [5.41, 5.74) is 2.54. The third kappa shape index (κ3) is 6.45. The molecule has 4 aliphatic rings. The molecule has 0 spiro atoms. The van der Waals surface area contributed by atoms with Gasteiger partial charge in [-0.15, -0.1) is 0 Å². The van der Waals surface area contributed by atoms with Crippen molar-refractivity contribution in [3.63, 3.8) is 0 Å². The standard InChI is InChI=1S/C33H56O4S/c1-23(2)8-7-9-24(3)28-12-13-29-27-11-10-25-22-26(37-19-21-38(35)20-16-31(34)36-6)14-17-32(25,4)30(27)15-18-33(28,29)5/h10,23-24,26-30H,7-9,11-22H2,1-6H3/t24-,26+,27?,28-,29?,30?,32+,33-,38?/m1/s1. The monoisotopic (exact) mass is 548 g/mol. The van der Waals surface area contributed by atoms with Gasteiger partial charge in [0.1, 0.15) is 0 Å². The second-order valence-corrected chi connectivity index (χ2v) is 15.9. The minimum Gasteiger partial charge on any atom is -0.469 e. The number of allylic oxidation sites excluding steroid dienone is 1. The first-order valence-corrected chi connectivity index (χ1v) is 17.3. The number of ether oxygens (including phenoxy) is 2. The lowest BCUT2D eigenvalue weighted by atomic mass is 9.47. The minimum absolute atomic E-state index is 0.220. The molecule has 0 aromatic heterocycles. The van der Waals surface area contributed by atoms with Gasteiger partial charge < -0.3 is 9.47 Å². The summed E-state index contributed by atoms with van der Waals surface area (Å²) in [7, 11) is 0.349. The number of fused-ring (bicyclic) bond motifs is 5. The Bertz CT molecular complexity index is 867. The maximum atomic E-state index is 12.2. The average molecular weight is 549 g/mol. The largest absolute Gasteiger partial charge is 0.469 e. The van der Waals surface area contributed by atoms with Gasteiger partial charge in [-0.05, 0) is 97.7 Å². The van der Waals surface area contributed by atoms with Crippen molar-refractivity contribution in [3.05, 3.63) is 11.6 Å². The fourth-order valence-electron chi connectivity index (χ4n) is 9.50. The Morgan fingerprint density at radius 3 is 2.58 bits per heavy atom. The molecule has 3 fully saturated rings. The van der Waals surface area contributed by atoms with E-state index in [-0.39, 0.29) is 18.5 Å². The highest BCUT2D eigenvalue weighted by atomic mass is 32.2. The van der Waals surface area contributed by atoms with Crippen LogP contribution in [0.3, 0.4) is 0 Å². The van der Waals surface area contributed by atoms with E-state index in [9.17, 15) is 9.00 Å². The molecule has 0 amide bonds. The van der Waals surface area contributed by atoms with Crippen LogP contribution in [-0.2, 0) is 25.1 Å². The normalized spacial score (nSPS) is 38.1. The Kier molecular flexibility index (Phi) is 10.3. The molecule has 218 valence electrons. The predicted molar refractivity (Wildman–Crippen MR) is 157 cm³/mol. The van der Waals surface area contributed by atoms with E-state index in [1.807, 2.05) is 0 Å². The zero-order valence-corrected chi connectivity index (χ0v) is 26.1. The van der Waals surface area contributed by atoms with Crippen LogP contribution in [0.15, 0.2) is 11.6 Å². The van der Waals surface area contributed by atoms with Crippen LogP contribution in [0.2, 0.25) is 0 Å². The fourth-order valence-corrected chi connectivity index (χ4v) is 10.4. The molecule has 0 N–H and O–H groups in total. The molecule has 0 bridgehead atoms. The van der Waals surface area contributed by atoms with E-state index in [0.717, 1.165) is 48.3 Å². The quantitative estimate of drug-likeness (QED) is 0.185. The number of methoxy groups -OCH3 is 1. The molecule has 9 atom stereocenters. The van der Waals surface area contributed by atoms with Crippen LogP contribution >= 0.6 is 0 Å². The summed E-state index contributed by atoms with van der Waals surface area (Å²) < 4.78 is 23.1. The van der Waals surface area contributed by atoms with E-state index in [1.165, 1.54) is 64.9 Å². The van der Waals surface area contributed by atoms with E-state index >= 15 is 0 Å². The van der Waals surface area contributed by atoms with Gasteiger partial charge in [-0.2, -0.15) is 0 Å². The maximum Gasteiger partial charge on any atom is 0.306 e. The zero-order chi connectivity index (χ0) is 27.5. The van der Waals surface area contributed by atoms with Gasteiger partial charge in [-0.25, -0.2) is 0 Å². The van der Waals surface area contributed by atoms with Crippen molar-refractivity contribution in [3.8, 4) is 0 Å². The maximum absolute atomic E-state index is 12.2. The number of carbonyl (C=O) groups is 1. The summed E-state index contributed by atoms with van der Waals surface area (Å²) in [5, 5.41) is 0. The molecular weight excluding hydrogens is 492 g/mol. The average Bonchev–Trinajstić information content (AvgIpc) is 3.24. The lowest BCUT2D eigenvalue weighted by Crippen LogP contribution is -2.51. The predicted octanol–water partition coefficient (Wildman–Crippen LogP) is 7.72. The highest BCUT2D eigenvalue weighted by Crippen LogP contribution is 2.67. The van der Waals surface area contributed by atoms with Crippen LogP contribution in [0.1, 0.15) is 112 Å². The number of hydrogen-bond donors (Lipinski definition) is 0. The Morgan fingerprint density at radius 1 is 1.05 bits per heavy atom. The lowest BCUT2D eigenvalue weighted by Gasteiger charge is -2.58. The molecule has 4 nitrogen and oxygen atoms in total. The third-order valence-corrected chi connectivity index (χ3v) is 13.0. The molecule has 38 heavy (non-hydrogen) atoms. The molecule has 4 unspecified atom stereocenters. The first-order chi connectivity index (χ1) is 18.1. The summed E-state index contributed by atoms with van der Waals surface area (Å²) >= 11 is 0. The van der Waals surface area contributed by atoms with E-state index in [0.29, 0.717) is 28.9 Å². The van der Waals surface area contributed by atoms with E-state index in [1.54, 1.807) is 5.57 Å². The summed E-state index contributed by atoms with van der Waals surface area (Å²) in [6.07, 6.45) is 17.7. The Balaban J connectivity index is 1.32. The van der Waals surface area contributed by atoms with Crippen LogP contribution in [0, 0.1) is 46.3 Å². The number of hydrogen-bond acceptors (Lipinski definition) is 4. The molecule has 5 heteroatoms. The van der Waals surface area contributed by atoms with Crippen LogP contribution < -0.4 is 0 Å². The number of carbonyl (C=O) groups excluding carboxylic acids is 1. The van der Waals surface area contributed by atoms with Crippen molar-refractivity contribution in [2.24, 2.45) is 46.3 Å². The van der Waals surface area contributed by atoms with Crippen molar-refractivity contribution in [2.75, 3.05) is 25.2 Å². The van der Waals surface area contributed by atoms with Crippen molar-refractivity contribution < 1.29 is 18.5 Å². The van der Waals surface area contributed by atoms with Gasteiger partial charge >= 0.3 is 5.97 Å². The Morgan fingerprint density at radius 2 is 1.84 bits per heavy atom. The van der Waals surface area contributed by atoms with Gasteiger partial charge in [0.15, 0.2) is 0 Å². The fraction of sp³-hybridized carbons (Fsp3) is 0.909. The topological polar surface area (TPSA) is 52.6 Å². The smallest absolute Gasteiger partial charge is 0.306 e. The SMILES string of the molecule is COC(=O)CCS(=O)CCO[C@H]1CC[C@@]2(C)C(=CCC3C2CC[C@@]2(C)C3CC[C@@H]2[C@H](C)CCCC(C)C)C1. The molecule has 0 aromatic rings. The molecule has 0 saturated heterocycles. The molecule has 0 aliphatic heterocycles. The number of rotatable bonds is 12. The third-order valence-electron chi connectivity index (χ3n) is 11.7. The first-order valence-electron chi connectivity index (χ1n) is 15.8. The van der Waals surface area contributed by atoms with Crippen LogP contribution in [-0.4, -0.2) is 41.5 Å². The second kappa shape index (κ2) is 12.9. The molecule has 0 radical (unpaired) electrons. The van der Waals surface area contributed by atoms with Crippen LogP contribution in [0.25, 0.3) is 0 Å². The van der Waals surface area contributed by atoms with Crippen molar-refractivity contribution in [1.82, 2.24) is 0 Å². The molecule has 4 aliphatic carbocycles. The van der Waals surface area contributed by atoms with Gasteiger partial charge in [0.25, 0.3) is 0 Å². The van der Waals surface area contributed by atoms with Gasteiger partial charge in [0.05, 0.1) is 26.2 Å². The van der Waals surface area contributed by atoms with Gasteiger partial charge in [-0.1, -0.05) is 65.5 Å². The first kappa shape index (κ1) is 30.3. The summed E-state index contributed by atoms with van der Waals surface area (Å²) in [6.45, 7) is 13.1. The molecule has 0 heterocycles. The Labute approximate surface area is 235 Å². The summed E-state index contributed by atoms with van der Waals surface area (Å²) in [5.74, 6) is 5.80. The van der Waals surface area contributed by atoms with Crippen molar-refractivity contribution >= 4 is 16.8 Å². The summed E-state index contributed by atoms with van der Waals surface area (Å²) in [4.78, 5) is 11.3. The van der Waals surface area contributed by atoms with Gasteiger partial charge in [-0.3, -0.25) is 9.00 Å². The Hall–Kier alpha value is -0.680.